The molecule has 1 saturated carbocycles. The summed E-state index contributed by atoms with van der Waals surface area (Å²) in [5.41, 5.74) is 4.63. The lowest BCUT2D eigenvalue weighted by molar-refractivity contribution is 0.181. The number of nitrogens with one attached hydrogen (secondary N) is 2. The maximum atomic E-state index is 4.65. The molecular weight excluding hydrogens is 250 g/mol. The molecule has 1 saturated heterocycles. The fourth-order valence-electron chi connectivity index (χ4n) is 3.26. The van der Waals surface area contributed by atoms with E-state index in [2.05, 4.69) is 25.4 Å². The van der Waals surface area contributed by atoms with Gasteiger partial charge in [-0.05, 0) is 25.7 Å². The third-order valence-corrected chi connectivity index (χ3v) is 4.55. The minimum Gasteiger partial charge on any atom is -0.348 e. The first kappa shape index (κ1) is 13.6. The van der Waals surface area contributed by atoms with E-state index in [-0.39, 0.29) is 0 Å². The summed E-state index contributed by atoms with van der Waals surface area (Å²) in [5, 5.41) is 2.28. The summed E-state index contributed by atoms with van der Waals surface area (Å²) in [5.74, 6) is 0.630. The quantitative estimate of drug-likeness (QED) is 0.655. The molecule has 0 unspecified atom stereocenters. The molecule has 20 heavy (non-hydrogen) atoms. The van der Waals surface area contributed by atoms with Crippen LogP contribution in [0.3, 0.4) is 0 Å². The van der Waals surface area contributed by atoms with E-state index in [1.54, 1.807) is 6.33 Å². The molecule has 2 aliphatic rings. The molecule has 2 heterocycles. The van der Waals surface area contributed by atoms with Crippen LogP contribution in [0.15, 0.2) is 17.5 Å². The SMILES string of the molecule is C(=NC1CCCCC1)NN1CCC(c2cnc[nH]2)CC1. The number of piperidine rings is 1. The van der Waals surface area contributed by atoms with Gasteiger partial charge in [0, 0.05) is 30.9 Å². The van der Waals surface area contributed by atoms with Gasteiger partial charge >= 0.3 is 0 Å². The Balaban J connectivity index is 1.39. The maximum Gasteiger partial charge on any atom is 0.0971 e. The number of imidazole rings is 1. The van der Waals surface area contributed by atoms with E-state index in [0.29, 0.717) is 12.0 Å². The first-order valence-corrected chi connectivity index (χ1v) is 7.93. The lowest BCUT2D eigenvalue weighted by Crippen LogP contribution is -2.42. The standard InChI is InChI=1S/C15H25N5/c1-2-4-14(5-3-1)17-12-19-20-8-6-13(7-9-20)15-10-16-11-18-15/h10-14H,1-9H2,(H,16,18)(H,17,19). The first-order valence-electron chi connectivity index (χ1n) is 7.93. The van der Waals surface area contributed by atoms with Gasteiger partial charge in [0.15, 0.2) is 0 Å². The zero-order valence-corrected chi connectivity index (χ0v) is 12.1. The Kier molecular flexibility index (Phi) is 4.69. The number of aromatic nitrogens is 2. The average Bonchev–Trinajstić information content (AvgIpc) is 3.03. The molecule has 5 heteroatoms. The van der Waals surface area contributed by atoms with Crippen LogP contribution in [-0.4, -0.2) is 40.4 Å². The maximum absolute atomic E-state index is 4.65. The van der Waals surface area contributed by atoms with Crippen molar-refractivity contribution in [2.45, 2.75) is 56.9 Å². The van der Waals surface area contributed by atoms with Crippen molar-refractivity contribution in [1.29, 1.82) is 0 Å². The summed E-state index contributed by atoms with van der Waals surface area (Å²) in [7, 11) is 0. The third kappa shape index (κ3) is 3.60. The van der Waals surface area contributed by atoms with Gasteiger partial charge in [-0.3, -0.25) is 4.99 Å². The van der Waals surface area contributed by atoms with E-state index < -0.39 is 0 Å². The van der Waals surface area contributed by atoms with Gasteiger partial charge in [0.1, 0.15) is 0 Å². The lowest BCUT2D eigenvalue weighted by Gasteiger charge is -2.31. The molecule has 0 spiro atoms. The Morgan fingerprint density at radius 3 is 2.70 bits per heavy atom. The smallest absolute Gasteiger partial charge is 0.0971 e. The predicted octanol–water partition coefficient (Wildman–Crippen LogP) is 2.45. The van der Waals surface area contributed by atoms with Crippen LogP contribution in [-0.2, 0) is 0 Å². The highest BCUT2D eigenvalue weighted by Gasteiger charge is 2.20. The summed E-state index contributed by atoms with van der Waals surface area (Å²) < 4.78 is 0. The summed E-state index contributed by atoms with van der Waals surface area (Å²) in [6.45, 7) is 2.14. The Morgan fingerprint density at radius 2 is 2.00 bits per heavy atom. The Labute approximate surface area is 120 Å². The number of hydrogen-bond donors (Lipinski definition) is 2. The van der Waals surface area contributed by atoms with Gasteiger partial charge in [-0.25, -0.2) is 9.99 Å². The molecule has 3 rings (SSSR count). The fraction of sp³-hybridized carbons (Fsp3) is 0.733. The molecule has 110 valence electrons. The second-order valence-electron chi connectivity index (χ2n) is 5.97. The zero-order chi connectivity index (χ0) is 13.6. The molecule has 1 aliphatic heterocycles. The van der Waals surface area contributed by atoms with Gasteiger partial charge in [-0.1, -0.05) is 19.3 Å². The van der Waals surface area contributed by atoms with Gasteiger partial charge < -0.3 is 10.4 Å². The molecule has 0 amide bonds. The second-order valence-corrected chi connectivity index (χ2v) is 5.97. The lowest BCUT2D eigenvalue weighted by atomic mass is 9.95. The van der Waals surface area contributed by atoms with Gasteiger partial charge in [0.2, 0.25) is 0 Å². The zero-order valence-electron chi connectivity index (χ0n) is 12.1. The van der Waals surface area contributed by atoms with Crippen LogP contribution in [0.25, 0.3) is 0 Å². The van der Waals surface area contributed by atoms with Crippen molar-refractivity contribution in [3.63, 3.8) is 0 Å². The summed E-state index contributed by atoms with van der Waals surface area (Å²) in [6, 6.07) is 0.554. The highest BCUT2D eigenvalue weighted by molar-refractivity contribution is 5.53. The van der Waals surface area contributed by atoms with Crippen molar-refractivity contribution >= 4 is 6.34 Å². The van der Waals surface area contributed by atoms with Crippen molar-refractivity contribution in [2.24, 2.45) is 4.99 Å². The Morgan fingerprint density at radius 1 is 1.20 bits per heavy atom. The monoisotopic (exact) mass is 275 g/mol. The van der Waals surface area contributed by atoms with Crippen LogP contribution in [0.1, 0.15) is 56.6 Å². The van der Waals surface area contributed by atoms with E-state index in [9.17, 15) is 0 Å². The minimum absolute atomic E-state index is 0.554. The molecule has 2 fully saturated rings. The third-order valence-electron chi connectivity index (χ3n) is 4.55. The highest BCUT2D eigenvalue weighted by atomic mass is 15.5. The number of nitrogens with zero attached hydrogens (tertiary/aromatic N) is 3. The number of rotatable bonds is 4. The van der Waals surface area contributed by atoms with Crippen molar-refractivity contribution in [2.75, 3.05) is 13.1 Å². The molecule has 1 aliphatic carbocycles. The molecular formula is C15H25N5. The van der Waals surface area contributed by atoms with Crippen LogP contribution in [0.5, 0.6) is 0 Å². The number of hydrazine groups is 1. The molecule has 5 nitrogen and oxygen atoms in total. The van der Waals surface area contributed by atoms with Crippen molar-refractivity contribution in [3.05, 3.63) is 18.2 Å². The van der Waals surface area contributed by atoms with Crippen LogP contribution in [0, 0.1) is 0 Å². The van der Waals surface area contributed by atoms with Gasteiger partial charge in [0.05, 0.1) is 18.7 Å². The van der Waals surface area contributed by atoms with Crippen LogP contribution >= 0.6 is 0 Å². The van der Waals surface area contributed by atoms with Crippen LogP contribution < -0.4 is 5.43 Å². The number of aliphatic imine (C=N–C) groups is 1. The van der Waals surface area contributed by atoms with Gasteiger partial charge in [0.25, 0.3) is 0 Å². The van der Waals surface area contributed by atoms with E-state index in [4.69, 9.17) is 0 Å². The molecule has 2 N–H and O–H groups in total. The summed E-state index contributed by atoms with van der Waals surface area (Å²) in [4.78, 5) is 12.0. The predicted molar refractivity (Wildman–Crippen MR) is 80.6 cm³/mol. The molecule has 1 aromatic heterocycles. The molecule has 0 aromatic carbocycles. The molecule has 0 atom stereocenters. The molecule has 0 bridgehead atoms. The minimum atomic E-state index is 0.554. The molecule has 1 aromatic rings. The second kappa shape index (κ2) is 6.88. The van der Waals surface area contributed by atoms with Crippen molar-refractivity contribution in [3.8, 4) is 0 Å². The average molecular weight is 275 g/mol. The Bertz CT molecular complexity index is 400. The van der Waals surface area contributed by atoms with E-state index in [0.717, 1.165) is 13.1 Å². The largest absolute Gasteiger partial charge is 0.348 e. The van der Waals surface area contributed by atoms with Gasteiger partial charge in [-0.15, -0.1) is 0 Å². The fourth-order valence-corrected chi connectivity index (χ4v) is 3.26. The van der Waals surface area contributed by atoms with E-state index in [1.165, 1.54) is 50.6 Å². The van der Waals surface area contributed by atoms with Crippen LogP contribution in [0.4, 0.5) is 0 Å². The number of aromatic amines is 1. The van der Waals surface area contributed by atoms with E-state index >= 15 is 0 Å². The van der Waals surface area contributed by atoms with Crippen molar-refractivity contribution < 1.29 is 0 Å². The van der Waals surface area contributed by atoms with Crippen LogP contribution in [0.2, 0.25) is 0 Å². The molecule has 0 radical (unpaired) electrons. The first-order chi connectivity index (χ1) is 9.92. The normalized spacial score (nSPS) is 23.4. The number of H-pyrrole nitrogens is 1. The summed E-state index contributed by atoms with van der Waals surface area (Å²) >= 11 is 0. The Hall–Kier alpha value is -1.36. The summed E-state index contributed by atoms with van der Waals surface area (Å²) in [6.07, 6.45) is 14.6. The van der Waals surface area contributed by atoms with Gasteiger partial charge in [-0.2, -0.15) is 0 Å². The number of hydrogen-bond acceptors (Lipinski definition) is 3. The van der Waals surface area contributed by atoms with E-state index in [1.807, 2.05) is 12.5 Å². The topological polar surface area (TPSA) is 56.3 Å². The highest BCUT2D eigenvalue weighted by Crippen LogP contribution is 2.25. The van der Waals surface area contributed by atoms with Crippen molar-refractivity contribution in [1.82, 2.24) is 20.4 Å².